The Morgan fingerprint density at radius 2 is 1.81 bits per heavy atom. The number of ether oxygens (including phenoxy) is 1. The maximum Gasteiger partial charge on any atom is 0.177 e. The predicted molar refractivity (Wildman–Crippen MR) is 108 cm³/mol. The van der Waals surface area contributed by atoms with Crippen LogP contribution >= 0.6 is 0 Å². The van der Waals surface area contributed by atoms with Crippen LogP contribution in [0.15, 0.2) is 71.3 Å². The number of rotatable bonds is 7. The summed E-state index contributed by atoms with van der Waals surface area (Å²) >= 11 is 0. The first kappa shape index (κ1) is 17.4. The van der Waals surface area contributed by atoms with E-state index in [9.17, 15) is 0 Å². The third-order valence-corrected chi connectivity index (χ3v) is 4.72. The minimum Gasteiger partial charge on any atom is -0.493 e. The number of nitrogens with zero attached hydrogens (tertiary/aromatic N) is 2. The van der Waals surface area contributed by atoms with Crippen LogP contribution in [-0.2, 0) is 6.54 Å². The molecule has 138 valence electrons. The molecule has 0 bridgehead atoms. The molecule has 0 radical (unpaired) electrons. The Balaban J connectivity index is 1.51. The fourth-order valence-corrected chi connectivity index (χ4v) is 3.39. The number of aryl methyl sites for hydroxylation is 1. The highest BCUT2D eigenvalue weighted by Gasteiger charge is 2.14. The molecular weight excluding hydrogens is 336 g/mol. The van der Waals surface area contributed by atoms with Crippen molar-refractivity contribution in [2.75, 3.05) is 6.61 Å². The molecule has 27 heavy (non-hydrogen) atoms. The van der Waals surface area contributed by atoms with Gasteiger partial charge in [0.1, 0.15) is 5.75 Å². The van der Waals surface area contributed by atoms with E-state index in [0.717, 1.165) is 41.3 Å². The van der Waals surface area contributed by atoms with Crippen LogP contribution in [0, 0.1) is 0 Å². The number of fused-ring (bicyclic) bond motifs is 1. The molecule has 0 aliphatic carbocycles. The lowest BCUT2D eigenvalue weighted by Crippen LogP contribution is -2.07. The van der Waals surface area contributed by atoms with Crippen molar-refractivity contribution in [3.05, 3.63) is 72.5 Å². The summed E-state index contributed by atoms with van der Waals surface area (Å²) in [6.07, 6.45) is 2.57. The topological polar surface area (TPSA) is 40.2 Å². The van der Waals surface area contributed by atoms with E-state index in [2.05, 4.69) is 42.7 Å². The SMILES string of the molecule is CC(C)c1ccccc1OCCCn1c(-c2ccco2)nc2ccccc21. The standard InChI is InChI=1S/C23H24N2O2/c1-17(2)18-9-3-6-12-21(18)26-16-8-14-25-20-11-5-4-10-19(20)24-23(25)22-13-7-15-27-22/h3-7,9-13,15,17H,8,14,16H2,1-2H3. The highest BCUT2D eigenvalue weighted by molar-refractivity contribution is 5.79. The van der Waals surface area contributed by atoms with Gasteiger partial charge in [0.05, 0.1) is 23.9 Å². The summed E-state index contributed by atoms with van der Waals surface area (Å²) in [5.41, 5.74) is 3.35. The largest absolute Gasteiger partial charge is 0.493 e. The molecule has 0 aliphatic heterocycles. The zero-order valence-corrected chi connectivity index (χ0v) is 15.8. The van der Waals surface area contributed by atoms with Gasteiger partial charge in [-0.25, -0.2) is 4.98 Å². The summed E-state index contributed by atoms with van der Waals surface area (Å²) in [5.74, 6) is 3.08. The van der Waals surface area contributed by atoms with Gasteiger partial charge in [0.25, 0.3) is 0 Å². The minimum atomic E-state index is 0.448. The number of aromatic nitrogens is 2. The second kappa shape index (κ2) is 7.70. The fraction of sp³-hybridized carbons (Fsp3) is 0.261. The Morgan fingerprint density at radius 3 is 2.63 bits per heavy atom. The minimum absolute atomic E-state index is 0.448. The van der Waals surface area contributed by atoms with Crippen molar-refractivity contribution < 1.29 is 9.15 Å². The van der Waals surface area contributed by atoms with Crippen molar-refractivity contribution in [2.45, 2.75) is 32.7 Å². The van der Waals surface area contributed by atoms with Crippen LogP contribution in [-0.4, -0.2) is 16.2 Å². The number of benzene rings is 2. The van der Waals surface area contributed by atoms with E-state index >= 15 is 0 Å². The quantitative estimate of drug-likeness (QED) is 0.386. The molecule has 0 N–H and O–H groups in total. The lowest BCUT2D eigenvalue weighted by atomic mass is 10.0. The van der Waals surface area contributed by atoms with Gasteiger partial charge in [0, 0.05) is 6.54 Å². The van der Waals surface area contributed by atoms with Gasteiger partial charge in [0.15, 0.2) is 11.6 Å². The highest BCUT2D eigenvalue weighted by Crippen LogP contribution is 2.27. The van der Waals surface area contributed by atoms with Gasteiger partial charge in [-0.3, -0.25) is 0 Å². The lowest BCUT2D eigenvalue weighted by molar-refractivity contribution is 0.299. The van der Waals surface area contributed by atoms with Crippen molar-refractivity contribution in [2.24, 2.45) is 0 Å². The molecule has 0 fully saturated rings. The first-order valence-electron chi connectivity index (χ1n) is 9.45. The fourth-order valence-electron chi connectivity index (χ4n) is 3.39. The third kappa shape index (κ3) is 3.61. The summed E-state index contributed by atoms with van der Waals surface area (Å²) < 4.78 is 13.9. The highest BCUT2D eigenvalue weighted by atomic mass is 16.5. The average molecular weight is 360 g/mol. The maximum absolute atomic E-state index is 6.08. The molecule has 4 aromatic rings. The first-order valence-corrected chi connectivity index (χ1v) is 9.45. The molecule has 0 atom stereocenters. The number of furan rings is 1. The third-order valence-electron chi connectivity index (χ3n) is 4.72. The smallest absolute Gasteiger partial charge is 0.177 e. The number of para-hydroxylation sites is 3. The number of hydrogen-bond acceptors (Lipinski definition) is 3. The summed E-state index contributed by atoms with van der Waals surface area (Å²) in [5, 5.41) is 0. The molecule has 2 heterocycles. The van der Waals surface area contributed by atoms with Crippen molar-refractivity contribution >= 4 is 11.0 Å². The maximum atomic E-state index is 6.08. The molecule has 0 unspecified atom stereocenters. The van der Waals surface area contributed by atoms with Gasteiger partial charge in [-0.2, -0.15) is 0 Å². The van der Waals surface area contributed by atoms with Gasteiger partial charge >= 0.3 is 0 Å². The Morgan fingerprint density at radius 1 is 1.00 bits per heavy atom. The molecule has 2 aromatic heterocycles. The van der Waals surface area contributed by atoms with Crippen molar-refractivity contribution in [3.63, 3.8) is 0 Å². The van der Waals surface area contributed by atoms with Gasteiger partial charge in [-0.05, 0) is 48.2 Å². The van der Waals surface area contributed by atoms with E-state index in [1.54, 1.807) is 6.26 Å². The van der Waals surface area contributed by atoms with Crippen LogP contribution in [0.4, 0.5) is 0 Å². The van der Waals surface area contributed by atoms with Crippen molar-refractivity contribution in [1.29, 1.82) is 0 Å². The molecule has 0 amide bonds. The molecule has 4 nitrogen and oxygen atoms in total. The van der Waals surface area contributed by atoms with Crippen LogP contribution < -0.4 is 4.74 Å². The van der Waals surface area contributed by atoms with E-state index in [-0.39, 0.29) is 0 Å². The summed E-state index contributed by atoms with van der Waals surface area (Å²) in [7, 11) is 0. The molecule has 2 aromatic carbocycles. The molecule has 0 aliphatic rings. The van der Waals surface area contributed by atoms with Gasteiger partial charge in [-0.1, -0.05) is 44.2 Å². The Bertz CT molecular complexity index is 1020. The predicted octanol–water partition coefficient (Wildman–Crippen LogP) is 5.89. The molecule has 0 saturated carbocycles. The summed E-state index contributed by atoms with van der Waals surface area (Å²) in [6.45, 7) is 5.86. The van der Waals surface area contributed by atoms with Crippen LogP contribution in [0.2, 0.25) is 0 Å². The first-order chi connectivity index (χ1) is 13.2. The Hall–Kier alpha value is -3.01. The monoisotopic (exact) mass is 360 g/mol. The normalized spacial score (nSPS) is 11.4. The van der Waals surface area contributed by atoms with E-state index in [1.165, 1.54) is 5.56 Å². The summed E-state index contributed by atoms with van der Waals surface area (Å²) in [4.78, 5) is 4.76. The van der Waals surface area contributed by atoms with Gasteiger partial charge in [0.2, 0.25) is 0 Å². The second-order valence-electron chi connectivity index (χ2n) is 6.95. The molecular formula is C23H24N2O2. The lowest BCUT2D eigenvalue weighted by Gasteiger charge is -2.14. The van der Waals surface area contributed by atoms with Crippen LogP contribution in [0.25, 0.3) is 22.6 Å². The zero-order chi connectivity index (χ0) is 18.6. The molecule has 4 heteroatoms. The van der Waals surface area contributed by atoms with E-state index in [0.29, 0.717) is 12.5 Å². The van der Waals surface area contributed by atoms with E-state index in [4.69, 9.17) is 14.1 Å². The van der Waals surface area contributed by atoms with Crippen molar-refractivity contribution in [3.8, 4) is 17.3 Å². The van der Waals surface area contributed by atoms with E-state index in [1.807, 2.05) is 36.4 Å². The average Bonchev–Trinajstić information content (AvgIpc) is 3.33. The zero-order valence-electron chi connectivity index (χ0n) is 15.8. The van der Waals surface area contributed by atoms with Crippen molar-refractivity contribution in [1.82, 2.24) is 9.55 Å². The molecule has 0 spiro atoms. The second-order valence-corrected chi connectivity index (χ2v) is 6.95. The van der Waals surface area contributed by atoms with Crippen LogP contribution in [0.1, 0.15) is 31.7 Å². The van der Waals surface area contributed by atoms with Gasteiger partial charge in [-0.15, -0.1) is 0 Å². The van der Waals surface area contributed by atoms with Gasteiger partial charge < -0.3 is 13.7 Å². The number of imidazole rings is 1. The molecule has 0 saturated heterocycles. The van der Waals surface area contributed by atoms with Crippen LogP contribution in [0.3, 0.4) is 0 Å². The van der Waals surface area contributed by atoms with E-state index < -0.39 is 0 Å². The summed E-state index contributed by atoms with van der Waals surface area (Å²) in [6, 6.07) is 20.3. The van der Waals surface area contributed by atoms with Crippen LogP contribution in [0.5, 0.6) is 5.75 Å². The Labute approximate surface area is 159 Å². The number of hydrogen-bond donors (Lipinski definition) is 0. The Kier molecular flexibility index (Phi) is 4.97. The molecule has 4 rings (SSSR count).